The summed E-state index contributed by atoms with van der Waals surface area (Å²) in [5.41, 5.74) is 1.82. The Bertz CT molecular complexity index is 1140. The molecule has 0 fully saturated rings. The van der Waals surface area contributed by atoms with E-state index in [1.807, 2.05) is 55.5 Å². The normalized spacial score (nSPS) is 11.4. The molecule has 172 valence electrons. The molecular weight excluding hydrogens is 504 g/mol. The number of amides is 2. The van der Waals surface area contributed by atoms with E-state index in [1.54, 1.807) is 25.3 Å². The van der Waals surface area contributed by atoms with Gasteiger partial charge in [-0.2, -0.15) is 0 Å². The highest BCUT2D eigenvalue weighted by Crippen LogP contribution is 2.31. The summed E-state index contributed by atoms with van der Waals surface area (Å²) in [5, 5.41) is 5.59. The van der Waals surface area contributed by atoms with Gasteiger partial charge in [-0.25, -0.2) is 0 Å². The van der Waals surface area contributed by atoms with E-state index in [1.165, 1.54) is 18.9 Å². The Morgan fingerprint density at radius 2 is 1.70 bits per heavy atom. The van der Waals surface area contributed by atoms with E-state index in [2.05, 4.69) is 26.6 Å². The smallest absolute Gasteiger partial charge is 0.255 e. The Kier molecular flexibility index (Phi) is 8.79. The lowest BCUT2D eigenvalue weighted by atomic mass is 10.2. The quantitative estimate of drug-likeness (QED) is 0.322. The average Bonchev–Trinajstić information content (AvgIpc) is 2.83. The molecule has 0 aliphatic carbocycles. The molecule has 0 radical (unpaired) electrons. The van der Waals surface area contributed by atoms with Crippen LogP contribution in [0.25, 0.3) is 0 Å². The first-order chi connectivity index (χ1) is 15.9. The lowest BCUT2D eigenvalue weighted by Crippen LogP contribution is -2.24. The highest BCUT2D eigenvalue weighted by atomic mass is 79.9. The maximum atomic E-state index is 12.8. The van der Waals surface area contributed by atoms with Crippen molar-refractivity contribution in [3.05, 3.63) is 76.8 Å². The van der Waals surface area contributed by atoms with Crippen LogP contribution < -0.4 is 20.1 Å². The minimum absolute atomic E-state index is 0.0748. The molecule has 1 atom stereocenters. The zero-order valence-corrected chi connectivity index (χ0v) is 21.0. The van der Waals surface area contributed by atoms with Crippen molar-refractivity contribution < 1.29 is 19.1 Å². The Balaban J connectivity index is 1.69. The third-order valence-electron chi connectivity index (χ3n) is 4.81. The standard InChI is InChI=1S/C25H25BrN2O4S/c1-4-23(25(30)28-20-11-6-5-10-19(20)26)33-18-9-7-8-17(15-18)27-24(29)16-12-13-21(31-2)22(14-16)32-3/h5-15,23H,4H2,1-3H3,(H,27,29)(H,28,30). The molecule has 0 spiro atoms. The molecule has 2 amide bonds. The van der Waals surface area contributed by atoms with Gasteiger partial charge in [0.2, 0.25) is 5.91 Å². The third kappa shape index (κ3) is 6.52. The van der Waals surface area contributed by atoms with Crippen LogP contribution in [0.1, 0.15) is 23.7 Å². The second-order valence-corrected chi connectivity index (χ2v) is 9.17. The zero-order chi connectivity index (χ0) is 23.8. The number of nitrogens with one attached hydrogen (secondary N) is 2. The summed E-state index contributed by atoms with van der Waals surface area (Å²) in [6.07, 6.45) is 0.656. The Labute approximate surface area is 206 Å². The molecule has 0 aliphatic rings. The van der Waals surface area contributed by atoms with Gasteiger partial charge in [-0.15, -0.1) is 11.8 Å². The maximum absolute atomic E-state index is 12.8. The molecule has 0 aromatic heterocycles. The van der Waals surface area contributed by atoms with Crippen molar-refractivity contribution in [1.82, 2.24) is 0 Å². The van der Waals surface area contributed by atoms with Crippen molar-refractivity contribution >= 4 is 50.9 Å². The summed E-state index contributed by atoms with van der Waals surface area (Å²) in [5.74, 6) is 0.696. The predicted molar refractivity (Wildman–Crippen MR) is 137 cm³/mol. The molecule has 6 nitrogen and oxygen atoms in total. The summed E-state index contributed by atoms with van der Waals surface area (Å²) in [7, 11) is 3.07. The van der Waals surface area contributed by atoms with Crippen LogP contribution in [0.2, 0.25) is 0 Å². The molecule has 0 saturated carbocycles. The molecule has 1 unspecified atom stereocenters. The van der Waals surface area contributed by atoms with Crippen LogP contribution in [0.4, 0.5) is 11.4 Å². The van der Waals surface area contributed by atoms with Gasteiger partial charge < -0.3 is 20.1 Å². The predicted octanol–water partition coefficient (Wildman–Crippen LogP) is 6.23. The monoisotopic (exact) mass is 528 g/mol. The van der Waals surface area contributed by atoms with Gasteiger partial charge in [0, 0.05) is 20.6 Å². The summed E-state index contributed by atoms with van der Waals surface area (Å²) in [4.78, 5) is 26.4. The number of methoxy groups -OCH3 is 2. The van der Waals surface area contributed by atoms with Gasteiger partial charge in [0.25, 0.3) is 5.91 Å². The van der Waals surface area contributed by atoms with E-state index in [4.69, 9.17) is 9.47 Å². The molecule has 8 heteroatoms. The van der Waals surface area contributed by atoms with Crippen molar-refractivity contribution in [1.29, 1.82) is 0 Å². The van der Waals surface area contributed by atoms with Gasteiger partial charge >= 0.3 is 0 Å². The van der Waals surface area contributed by atoms with Crippen LogP contribution in [0.15, 0.2) is 76.1 Å². The molecule has 3 aromatic rings. The molecule has 3 rings (SSSR count). The number of hydrogen-bond acceptors (Lipinski definition) is 5. The van der Waals surface area contributed by atoms with E-state index in [0.717, 1.165) is 15.1 Å². The van der Waals surface area contributed by atoms with Crippen molar-refractivity contribution in [3.63, 3.8) is 0 Å². The number of carbonyl (C=O) groups is 2. The van der Waals surface area contributed by atoms with Gasteiger partial charge in [-0.1, -0.05) is 25.1 Å². The third-order valence-corrected chi connectivity index (χ3v) is 6.86. The molecule has 0 aliphatic heterocycles. The number of carbonyl (C=O) groups excluding carboxylic acids is 2. The van der Waals surface area contributed by atoms with Crippen molar-refractivity contribution in [2.45, 2.75) is 23.5 Å². The number of benzene rings is 3. The number of thioether (sulfide) groups is 1. The summed E-state index contributed by atoms with van der Waals surface area (Å²) >= 11 is 4.91. The second kappa shape index (κ2) is 11.8. The number of rotatable bonds is 9. The van der Waals surface area contributed by atoms with E-state index in [9.17, 15) is 9.59 Å². The average molecular weight is 529 g/mol. The largest absolute Gasteiger partial charge is 0.493 e. The SMILES string of the molecule is CCC(Sc1cccc(NC(=O)c2ccc(OC)c(OC)c2)c1)C(=O)Nc1ccccc1Br. The number of halogens is 1. The fraction of sp³-hybridized carbons (Fsp3) is 0.200. The van der Waals surface area contributed by atoms with Crippen LogP contribution in [-0.4, -0.2) is 31.3 Å². The molecule has 0 heterocycles. The van der Waals surface area contributed by atoms with E-state index in [-0.39, 0.29) is 17.1 Å². The Morgan fingerprint density at radius 1 is 0.939 bits per heavy atom. The fourth-order valence-corrected chi connectivity index (χ4v) is 4.49. The number of ether oxygens (including phenoxy) is 2. The number of hydrogen-bond donors (Lipinski definition) is 2. The van der Waals surface area contributed by atoms with Gasteiger partial charge in [-0.3, -0.25) is 9.59 Å². The van der Waals surface area contributed by atoms with E-state index >= 15 is 0 Å². The van der Waals surface area contributed by atoms with Gasteiger partial charge in [0.05, 0.1) is 25.2 Å². The Hall–Kier alpha value is -2.97. The lowest BCUT2D eigenvalue weighted by molar-refractivity contribution is -0.115. The van der Waals surface area contributed by atoms with Crippen LogP contribution in [0.3, 0.4) is 0 Å². The van der Waals surface area contributed by atoms with Crippen molar-refractivity contribution in [3.8, 4) is 11.5 Å². The molecule has 3 aromatic carbocycles. The maximum Gasteiger partial charge on any atom is 0.255 e. The van der Waals surface area contributed by atoms with Gasteiger partial charge in [-0.05, 0) is 70.9 Å². The van der Waals surface area contributed by atoms with Crippen molar-refractivity contribution in [2.24, 2.45) is 0 Å². The molecule has 0 bridgehead atoms. The van der Waals surface area contributed by atoms with E-state index < -0.39 is 0 Å². The number of para-hydroxylation sites is 1. The van der Waals surface area contributed by atoms with Crippen LogP contribution >= 0.6 is 27.7 Å². The topological polar surface area (TPSA) is 76.7 Å². The minimum Gasteiger partial charge on any atom is -0.493 e. The zero-order valence-electron chi connectivity index (χ0n) is 18.6. The summed E-state index contributed by atoms with van der Waals surface area (Å²) in [6, 6.07) is 19.9. The summed E-state index contributed by atoms with van der Waals surface area (Å²) in [6.45, 7) is 1.97. The van der Waals surface area contributed by atoms with E-state index in [0.29, 0.717) is 29.2 Å². The molecule has 33 heavy (non-hydrogen) atoms. The first-order valence-corrected chi connectivity index (χ1v) is 12.0. The van der Waals surface area contributed by atoms with Gasteiger partial charge in [0.15, 0.2) is 11.5 Å². The molecule has 2 N–H and O–H groups in total. The fourth-order valence-electron chi connectivity index (χ4n) is 3.09. The van der Waals surface area contributed by atoms with Gasteiger partial charge in [0.1, 0.15) is 0 Å². The lowest BCUT2D eigenvalue weighted by Gasteiger charge is -2.16. The highest BCUT2D eigenvalue weighted by molar-refractivity contribution is 9.10. The first-order valence-electron chi connectivity index (χ1n) is 10.3. The second-order valence-electron chi connectivity index (χ2n) is 7.04. The van der Waals surface area contributed by atoms with Crippen LogP contribution in [-0.2, 0) is 4.79 Å². The summed E-state index contributed by atoms with van der Waals surface area (Å²) < 4.78 is 11.3. The van der Waals surface area contributed by atoms with Crippen molar-refractivity contribution in [2.75, 3.05) is 24.9 Å². The first kappa shape index (κ1) is 24.7. The molecule has 0 saturated heterocycles. The molecular formula is C25H25BrN2O4S. The van der Waals surface area contributed by atoms with Crippen LogP contribution in [0, 0.1) is 0 Å². The van der Waals surface area contributed by atoms with Crippen LogP contribution in [0.5, 0.6) is 11.5 Å². The number of anilines is 2. The Morgan fingerprint density at radius 3 is 2.39 bits per heavy atom. The minimum atomic E-state index is -0.283. The highest BCUT2D eigenvalue weighted by Gasteiger charge is 2.19.